The second kappa shape index (κ2) is 17.6. The zero-order valence-corrected chi connectivity index (χ0v) is 24.4. The molecule has 1 unspecified atom stereocenters. The number of hydrogen-bond donors (Lipinski definition) is 0. The average Bonchev–Trinajstić information content (AvgIpc) is 2.94. The van der Waals surface area contributed by atoms with Crippen LogP contribution in [-0.4, -0.2) is 38.8 Å². The van der Waals surface area contributed by atoms with E-state index in [0.29, 0.717) is 61.6 Å². The number of rotatable bonds is 19. The molecule has 0 saturated heterocycles. The number of ether oxygens (including phenoxy) is 5. The van der Waals surface area contributed by atoms with Gasteiger partial charge in [-0.15, -0.1) is 0 Å². The predicted molar refractivity (Wildman–Crippen MR) is 154 cm³/mol. The molecule has 0 heterocycles. The van der Waals surface area contributed by atoms with Gasteiger partial charge in [-0.2, -0.15) is 0 Å². The smallest absolute Gasteiger partial charge is 0.193 e. The van der Waals surface area contributed by atoms with Crippen molar-refractivity contribution in [1.29, 1.82) is 0 Å². The normalized spacial score (nSPS) is 15.2. The Hall–Kier alpha value is -2.89. The van der Waals surface area contributed by atoms with Crippen molar-refractivity contribution in [3.05, 3.63) is 47.3 Å². The minimum absolute atomic E-state index is 0.0930. The number of hydrogen-bond acceptors (Lipinski definition) is 6. The van der Waals surface area contributed by atoms with Gasteiger partial charge in [0.05, 0.1) is 39.0 Å². The molecular weight excluding hydrogens is 480 g/mol. The second-order valence-corrected chi connectivity index (χ2v) is 9.39. The van der Waals surface area contributed by atoms with Gasteiger partial charge in [0.2, 0.25) is 0 Å². The molecular formula is C32H48O6. The SMILES string of the molecule is CCCOC1=CCC(CC)=CC1/C=C/C(=O)c1c(OCCC)c(OCCC)cc(OCCC)c1OCCC. The maximum absolute atomic E-state index is 13.9. The van der Waals surface area contributed by atoms with E-state index >= 15 is 0 Å². The lowest BCUT2D eigenvalue weighted by Crippen LogP contribution is -2.13. The molecule has 0 fully saturated rings. The van der Waals surface area contributed by atoms with Crippen molar-refractivity contribution in [2.45, 2.75) is 86.5 Å². The molecule has 0 N–H and O–H groups in total. The van der Waals surface area contributed by atoms with Gasteiger partial charge in [0, 0.05) is 6.07 Å². The molecule has 1 aliphatic carbocycles. The maximum Gasteiger partial charge on any atom is 0.193 e. The van der Waals surface area contributed by atoms with Gasteiger partial charge in [-0.25, -0.2) is 0 Å². The Morgan fingerprint density at radius 3 is 1.76 bits per heavy atom. The molecule has 0 aliphatic heterocycles. The van der Waals surface area contributed by atoms with Gasteiger partial charge in [0.15, 0.2) is 28.8 Å². The molecule has 212 valence electrons. The largest absolute Gasteiger partial charge is 0.497 e. The molecule has 0 bridgehead atoms. The van der Waals surface area contributed by atoms with Crippen LogP contribution in [0, 0.1) is 5.92 Å². The summed E-state index contributed by atoms with van der Waals surface area (Å²) in [4.78, 5) is 13.9. The highest BCUT2D eigenvalue weighted by Gasteiger charge is 2.27. The van der Waals surface area contributed by atoms with E-state index in [1.807, 2.05) is 33.8 Å². The number of benzene rings is 1. The Kier molecular flexibility index (Phi) is 14.5. The van der Waals surface area contributed by atoms with E-state index in [-0.39, 0.29) is 11.7 Å². The fourth-order valence-electron chi connectivity index (χ4n) is 3.99. The van der Waals surface area contributed by atoms with Gasteiger partial charge in [-0.1, -0.05) is 59.3 Å². The molecule has 1 aromatic rings. The monoisotopic (exact) mass is 528 g/mol. The third-order valence-corrected chi connectivity index (χ3v) is 5.93. The summed E-state index contributed by atoms with van der Waals surface area (Å²) in [5, 5.41) is 0. The van der Waals surface area contributed by atoms with E-state index in [9.17, 15) is 4.79 Å². The molecule has 6 heteroatoms. The minimum Gasteiger partial charge on any atom is -0.497 e. The molecule has 0 spiro atoms. The summed E-state index contributed by atoms with van der Waals surface area (Å²) in [7, 11) is 0. The van der Waals surface area contributed by atoms with E-state index in [2.05, 4.69) is 26.0 Å². The Bertz CT molecular complexity index is 921. The third kappa shape index (κ3) is 9.14. The molecule has 0 aromatic heterocycles. The maximum atomic E-state index is 13.9. The molecule has 38 heavy (non-hydrogen) atoms. The minimum atomic E-state index is -0.211. The highest BCUT2D eigenvalue weighted by Crippen LogP contribution is 2.46. The van der Waals surface area contributed by atoms with Crippen LogP contribution in [0.25, 0.3) is 0 Å². The first-order valence-corrected chi connectivity index (χ1v) is 14.5. The van der Waals surface area contributed by atoms with Crippen molar-refractivity contribution in [3.63, 3.8) is 0 Å². The van der Waals surface area contributed by atoms with Crippen LogP contribution in [0.3, 0.4) is 0 Å². The van der Waals surface area contributed by atoms with Crippen molar-refractivity contribution in [2.75, 3.05) is 33.0 Å². The molecule has 2 rings (SSSR count). The summed E-state index contributed by atoms with van der Waals surface area (Å²) in [5.74, 6) is 2.42. The highest BCUT2D eigenvalue weighted by molar-refractivity contribution is 6.10. The van der Waals surface area contributed by atoms with Gasteiger partial charge >= 0.3 is 0 Å². The number of ketones is 1. The van der Waals surface area contributed by atoms with Crippen LogP contribution < -0.4 is 18.9 Å². The summed E-state index contributed by atoms with van der Waals surface area (Å²) in [6, 6.07) is 1.80. The lowest BCUT2D eigenvalue weighted by molar-refractivity contribution is 0.103. The van der Waals surface area contributed by atoms with Gasteiger partial charge in [-0.05, 0) is 57.1 Å². The summed E-state index contributed by atoms with van der Waals surface area (Å²) < 4.78 is 30.5. The lowest BCUT2D eigenvalue weighted by atomic mass is 9.92. The van der Waals surface area contributed by atoms with Crippen LogP contribution in [0.5, 0.6) is 23.0 Å². The van der Waals surface area contributed by atoms with E-state index < -0.39 is 0 Å². The van der Waals surface area contributed by atoms with E-state index in [1.165, 1.54) is 5.57 Å². The van der Waals surface area contributed by atoms with Gasteiger partial charge < -0.3 is 23.7 Å². The quantitative estimate of drug-likeness (QED) is 0.102. The third-order valence-electron chi connectivity index (χ3n) is 5.93. The first-order chi connectivity index (χ1) is 18.5. The standard InChI is InChI=1S/C32H48O6/c1-7-17-34-27-16-13-24(12-6)22-25(27)14-15-26(33)30-31(37-20-10-4)28(35-18-8-2)23-29(36-19-9-3)32(30)38-21-11-5/h14-16,22-23,25H,7-13,17-21H2,1-6H3/b15-14+. The topological polar surface area (TPSA) is 63.2 Å². The lowest BCUT2D eigenvalue weighted by Gasteiger charge is -2.22. The van der Waals surface area contributed by atoms with Crippen molar-refractivity contribution >= 4 is 5.78 Å². The van der Waals surface area contributed by atoms with Crippen molar-refractivity contribution in [1.82, 2.24) is 0 Å². The highest BCUT2D eigenvalue weighted by atomic mass is 16.5. The molecule has 1 aliphatic rings. The Balaban J connectivity index is 2.60. The Morgan fingerprint density at radius 2 is 1.26 bits per heavy atom. The van der Waals surface area contributed by atoms with Gasteiger partial charge in [-0.3, -0.25) is 4.79 Å². The molecule has 1 aromatic carbocycles. The van der Waals surface area contributed by atoms with Crippen LogP contribution in [0.2, 0.25) is 0 Å². The Labute approximate surface area is 230 Å². The van der Waals surface area contributed by atoms with Crippen molar-refractivity contribution in [2.24, 2.45) is 5.92 Å². The molecule has 0 radical (unpaired) electrons. The Morgan fingerprint density at radius 1 is 0.763 bits per heavy atom. The van der Waals surface area contributed by atoms with Crippen LogP contribution in [-0.2, 0) is 4.74 Å². The second-order valence-electron chi connectivity index (χ2n) is 9.39. The van der Waals surface area contributed by atoms with Gasteiger partial charge in [0.1, 0.15) is 11.3 Å². The van der Waals surface area contributed by atoms with E-state index in [1.54, 1.807) is 12.1 Å². The van der Waals surface area contributed by atoms with E-state index in [0.717, 1.165) is 50.7 Å². The van der Waals surface area contributed by atoms with Crippen molar-refractivity contribution in [3.8, 4) is 23.0 Å². The van der Waals surface area contributed by atoms with E-state index in [4.69, 9.17) is 23.7 Å². The average molecular weight is 529 g/mol. The molecule has 6 nitrogen and oxygen atoms in total. The molecule has 0 amide bonds. The summed E-state index contributed by atoms with van der Waals surface area (Å²) in [6.07, 6.45) is 13.9. The van der Waals surface area contributed by atoms with Crippen LogP contribution in [0.4, 0.5) is 0 Å². The van der Waals surface area contributed by atoms with Crippen LogP contribution in [0.15, 0.2) is 41.7 Å². The fraction of sp³-hybridized carbons (Fsp3) is 0.594. The molecule has 1 atom stereocenters. The van der Waals surface area contributed by atoms with Crippen molar-refractivity contribution < 1.29 is 28.5 Å². The van der Waals surface area contributed by atoms with Crippen LogP contribution in [0.1, 0.15) is 96.8 Å². The number of carbonyl (C=O) groups is 1. The number of carbonyl (C=O) groups excluding carboxylic acids is 1. The summed E-state index contributed by atoms with van der Waals surface area (Å²) in [6.45, 7) is 15.0. The van der Waals surface area contributed by atoms with Gasteiger partial charge in [0.25, 0.3) is 0 Å². The number of allylic oxidation sites excluding steroid dienone is 4. The zero-order chi connectivity index (χ0) is 27.8. The first kappa shape index (κ1) is 31.3. The zero-order valence-electron chi connectivity index (χ0n) is 24.4. The van der Waals surface area contributed by atoms with Crippen LogP contribution >= 0.6 is 0 Å². The summed E-state index contributed by atoms with van der Waals surface area (Å²) in [5.41, 5.74) is 1.68. The predicted octanol–water partition coefficient (Wildman–Crippen LogP) is 8.25. The molecule has 0 saturated carbocycles. The first-order valence-electron chi connectivity index (χ1n) is 14.5. The summed E-state index contributed by atoms with van der Waals surface area (Å²) >= 11 is 0. The fourth-order valence-corrected chi connectivity index (χ4v) is 3.99.